The Morgan fingerprint density at radius 1 is 1.15 bits per heavy atom. The van der Waals surface area contributed by atoms with Gasteiger partial charge in [-0.05, 0) is 27.7 Å². The highest BCUT2D eigenvalue weighted by molar-refractivity contribution is 6.61. The number of aromatic nitrogens is 3. The van der Waals surface area contributed by atoms with Crippen molar-refractivity contribution in [2.24, 2.45) is 0 Å². The molecule has 1 fully saturated rings. The zero-order valence-corrected chi connectivity index (χ0v) is 12.4. The van der Waals surface area contributed by atoms with E-state index in [9.17, 15) is 0 Å². The maximum atomic E-state index is 6.05. The summed E-state index contributed by atoms with van der Waals surface area (Å²) >= 11 is 0. The smallest absolute Gasteiger partial charge is 0.478 e. The van der Waals surface area contributed by atoms with Crippen molar-refractivity contribution in [2.45, 2.75) is 38.9 Å². The lowest BCUT2D eigenvalue weighted by Crippen LogP contribution is -2.41. The van der Waals surface area contributed by atoms with Gasteiger partial charge in [0.2, 0.25) is 0 Å². The van der Waals surface area contributed by atoms with Crippen LogP contribution in [0, 0.1) is 0 Å². The molecule has 0 aromatic carbocycles. The summed E-state index contributed by atoms with van der Waals surface area (Å²) in [5, 5.41) is 0. The van der Waals surface area contributed by atoms with E-state index in [2.05, 4.69) is 9.97 Å². The van der Waals surface area contributed by atoms with Gasteiger partial charge in [0.05, 0.1) is 23.9 Å². The van der Waals surface area contributed by atoms with Crippen LogP contribution in [-0.4, -0.2) is 39.8 Å². The Morgan fingerprint density at radius 2 is 1.80 bits per heavy atom. The second kappa shape index (κ2) is 4.20. The van der Waals surface area contributed by atoms with Gasteiger partial charge in [0.1, 0.15) is 0 Å². The number of imidazole rings is 1. The van der Waals surface area contributed by atoms with Crippen molar-refractivity contribution < 1.29 is 14.0 Å². The molecular formula is C13H18BN3O3. The minimum atomic E-state index is -0.456. The summed E-state index contributed by atoms with van der Waals surface area (Å²) in [4.78, 5) is 8.48. The van der Waals surface area contributed by atoms with Gasteiger partial charge in [0, 0.05) is 18.6 Å². The molecule has 0 aliphatic carbocycles. The number of nitrogens with zero attached hydrogens (tertiary/aromatic N) is 3. The van der Waals surface area contributed by atoms with Crippen molar-refractivity contribution in [1.82, 2.24) is 14.4 Å². The summed E-state index contributed by atoms with van der Waals surface area (Å²) in [6, 6.07) is 0. The number of fused-ring (bicyclic) bond motifs is 1. The van der Waals surface area contributed by atoms with E-state index in [4.69, 9.17) is 14.0 Å². The molecule has 2 aromatic heterocycles. The minimum Gasteiger partial charge on any atom is -0.478 e. The summed E-state index contributed by atoms with van der Waals surface area (Å²) in [6.45, 7) is 8.10. The Morgan fingerprint density at radius 3 is 2.40 bits per heavy atom. The van der Waals surface area contributed by atoms with Gasteiger partial charge in [-0.2, -0.15) is 0 Å². The van der Waals surface area contributed by atoms with Gasteiger partial charge in [-0.15, -0.1) is 0 Å². The summed E-state index contributed by atoms with van der Waals surface area (Å²) in [6.07, 6.45) is 5.23. The number of methoxy groups -OCH3 is 1. The first-order valence-electron chi connectivity index (χ1n) is 6.57. The highest BCUT2D eigenvalue weighted by Gasteiger charge is 2.52. The number of ether oxygens (including phenoxy) is 1. The molecule has 0 N–H and O–H groups in total. The molecule has 3 rings (SSSR count). The lowest BCUT2D eigenvalue weighted by molar-refractivity contribution is 0.00578. The minimum absolute atomic E-state index is 0.376. The van der Waals surface area contributed by atoms with E-state index in [1.54, 1.807) is 19.5 Å². The second-order valence-electron chi connectivity index (χ2n) is 5.90. The van der Waals surface area contributed by atoms with Gasteiger partial charge in [-0.1, -0.05) is 0 Å². The van der Waals surface area contributed by atoms with E-state index in [0.29, 0.717) is 11.5 Å². The van der Waals surface area contributed by atoms with Crippen LogP contribution < -0.4 is 10.3 Å². The lowest BCUT2D eigenvalue weighted by Gasteiger charge is -2.32. The van der Waals surface area contributed by atoms with Crippen LogP contribution in [0.1, 0.15) is 27.7 Å². The average Bonchev–Trinajstić information content (AvgIpc) is 2.88. The molecule has 1 aliphatic rings. The van der Waals surface area contributed by atoms with Gasteiger partial charge in [0.25, 0.3) is 5.88 Å². The lowest BCUT2D eigenvalue weighted by atomic mass is 9.85. The van der Waals surface area contributed by atoms with E-state index in [0.717, 1.165) is 5.59 Å². The van der Waals surface area contributed by atoms with Crippen LogP contribution in [-0.2, 0) is 9.31 Å². The molecule has 2 aromatic rings. The maximum absolute atomic E-state index is 6.05. The fourth-order valence-electron chi connectivity index (χ4n) is 2.20. The number of hydrogen-bond acceptors (Lipinski definition) is 5. The van der Waals surface area contributed by atoms with Crippen LogP contribution in [0.4, 0.5) is 0 Å². The van der Waals surface area contributed by atoms with Crippen LogP contribution in [0.15, 0.2) is 18.6 Å². The third kappa shape index (κ3) is 1.81. The molecule has 0 unspecified atom stereocenters. The average molecular weight is 275 g/mol. The predicted molar refractivity (Wildman–Crippen MR) is 75.3 cm³/mol. The normalized spacial score (nSPS) is 20.6. The molecule has 0 saturated carbocycles. The van der Waals surface area contributed by atoms with E-state index < -0.39 is 7.12 Å². The molecule has 1 aliphatic heterocycles. The summed E-state index contributed by atoms with van der Waals surface area (Å²) in [7, 11) is 1.12. The molecule has 1 saturated heterocycles. The van der Waals surface area contributed by atoms with Crippen LogP contribution in [0.2, 0.25) is 0 Å². The summed E-state index contributed by atoms with van der Waals surface area (Å²) in [5.41, 5.74) is 0.733. The monoisotopic (exact) mass is 275 g/mol. The maximum Gasteiger partial charge on any atom is 0.514 e. The van der Waals surface area contributed by atoms with Crippen LogP contribution in [0.3, 0.4) is 0 Å². The molecule has 0 bridgehead atoms. The molecule has 7 heteroatoms. The van der Waals surface area contributed by atoms with Crippen molar-refractivity contribution in [3.63, 3.8) is 0 Å². The van der Waals surface area contributed by atoms with E-state index in [-0.39, 0.29) is 11.2 Å². The third-order valence-corrected chi connectivity index (χ3v) is 4.11. The van der Waals surface area contributed by atoms with Crippen molar-refractivity contribution >= 4 is 18.4 Å². The highest BCUT2D eigenvalue weighted by atomic mass is 16.7. The van der Waals surface area contributed by atoms with E-state index in [1.165, 1.54) is 0 Å². The standard InChI is InChI=1S/C13H18BN3O3/c1-12(2)13(3,4)20-14(19-12)9-8-16-10-11(18-5)15-6-7-17(9)10/h6-8H,1-5H3. The topological polar surface area (TPSA) is 57.9 Å². The number of hydrogen-bond donors (Lipinski definition) is 0. The highest BCUT2D eigenvalue weighted by Crippen LogP contribution is 2.36. The van der Waals surface area contributed by atoms with E-state index in [1.807, 2.05) is 38.3 Å². The Hall–Kier alpha value is -1.60. The molecular weight excluding hydrogens is 257 g/mol. The Kier molecular flexibility index (Phi) is 2.81. The molecule has 106 valence electrons. The zero-order valence-electron chi connectivity index (χ0n) is 12.4. The first-order chi connectivity index (χ1) is 9.36. The molecule has 3 heterocycles. The van der Waals surface area contributed by atoms with Crippen molar-refractivity contribution in [1.29, 1.82) is 0 Å². The van der Waals surface area contributed by atoms with Gasteiger partial charge in [0.15, 0.2) is 5.65 Å². The number of rotatable bonds is 2. The molecule has 20 heavy (non-hydrogen) atoms. The first kappa shape index (κ1) is 13.4. The SMILES string of the molecule is COc1nccn2c(B3OC(C)(C)C(C)(C)O3)cnc12. The van der Waals surface area contributed by atoms with Gasteiger partial charge in [-0.25, -0.2) is 9.97 Å². The molecule has 6 nitrogen and oxygen atoms in total. The summed E-state index contributed by atoms with van der Waals surface area (Å²) in [5.74, 6) is 0.482. The molecule has 0 atom stereocenters. The van der Waals surface area contributed by atoms with Crippen LogP contribution in [0.25, 0.3) is 5.65 Å². The second-order valence-corrected chi connectivity index (χ2v) is 5.90. The van der Waals surface area contributed by atoms with Gasteiger partial charge < -0.3 is 18.4 Å². The molecule has 0 radical (unpaired) electrons. The van der Waals surface area contributed by atoms with Crippen LogP contribution in [0.5, 0.6) is 5.88 Å². The molecule has 0 amide bonds. The van der Waals surface area contributed by atoms with Gasteiger partial charge in [-0.3, -0.25) is 0 Å². The predicted octanol–water partition coefficient (Wildman–Crippen LogP) is 1.04. The summed E-state index contributed by atoms with van der Waals surface area (Å²) < 4.78 is 19.2. The van der Waals surface area contributed by atoms with Crippen molar-refractivity contribution in [3.05, 3.63) is 18.6 Å². The Balaban J connectivity index is 2.05. The first-order valence-corrected chi connectivity index (χ1v) is 6.57. The third-order valence-electron chi connectivity index (χ3n) is 4.11. The van der Waals surface area contributed by atoms with Crippen molar-refractivity contribution in [2.75, 3.05) is 7.11 Å². The Bertz CT molecular complexity index is 637. The van der Waals surface area contributed by atoms with Crippen LogP contribution >= 0.6 is 0 Å². The quantitative estimate of drug-likeness (QED) is 0.766. The fraction of sp³-hybridized carbons (Fsp3) is 0.538. The van der Waals surface area contributed by atoms with Gasteiger partial charge >= 0.3 is 7.12 Å². The Labute approximate surface area is 118 Å². The zero-order chi connectivity index (χ0) is 14.5. The fourth-order valence-corrected chi connectivity index (χ4v) is 2.20. The molecule has 0 spiro atoms. The largest absolute Gasteiger partial charge is 0.514 e. The van der Waals surface area contributed by atoms with Crippen molar-refractivity contribution in [3.8, 4) is 5.88 Å². The van der Waals surface area contributed by atoms with E-state index >= 15 is 0 Å².